The molecule has 130 valence electrons. The molecule has 0 radical (unpaired) electrons. The average Bonchev–Trinajstić information content (AvgIpc) is 2.59. The summed E-state index contributed by atoms with van der Waals surface area (Å²) in [7, 11) is 0. The van der Waals surface area contributed by atoms with Crippen molar-refractivity contribution in [3.63, 3.8) is 0 Å². The van der Waals surface area contributed by atoms with Gasteiger partial charge in [0.15, 0.2) is 5.16 Å². The average molecular weight is 402 g/mol. The largest absolute Gasteiger partial charge is 0.300 e. The van der Waals surface area contributed by atoms with Crippen LogP contribution in [0.15, 0.2) is 52.4 Å². The summed E-state index contributed by atoms with van der Waals surface area (Å²) in [5, 5.41) is 10.6. The summed E-state index contributed by atoms with van der Waals surface area (Å²) in [6.07, 6.45) is 0. The van der Waals surface area contributed by atoms with Crippen molar-refractivity contribution in [2.24, 2.45) is 0 Å². The number of H-pyrrole nitrogens is 1. The Kier molecular flexibility index (Phi) is 5.67. The van der Waals surface area contributed by atoms with E-state index in [1.165, 1.54) is 11.8 Å². The first kappa shape index (κ1) is 18.5. The predicted octanol–water partition coefficient (Wildman–Crippen LogP) is 5.22. The van der Waals surface area contributed by atoms with Crippen LogP contribution in [0.2, 0.25) is 10.0 Å². The number of hydrogen-bond donors (Lipinski definition) is 1. The molecule has 3 rings (SSSR count). The van der Waals surface area contributed by atoms with Crippen LogP contribution >= 0.6 is 35.0 Å². The van der Waals surface area contributed by atoms with Crippen LogP contribution in [-0.2, 0) is 5.75 Å². The van der Waals surface area contributed by atoms with E-state index in [0.717, 1.165) is 11.1 Å². The molecule has 0 aliphatic carbocycles. The van der Waals surface area contributed by atoms with Crippen molar-refractivity contribution in [1.29, 1.82) is 5.26 Å². The van der Waals surface area contributed by atoms with Crippen molar-refractivity contribution < 1.29 is 0 Å². The number of aromatic nitrogens is 2. The number of rotatable bonds is 4. The molecule has 0 saturated carbocycles. The van der Waals surface area contributed by atoms with E-state index in [1.54, 1.807) is 18.2 Å². The molecule has 0 unspecified atom stereocenters. The molecular weight excluding hydrogens is 389 g/mol. The molecule has 1 heterocycles. The zero-order chi connectivity index (χ0) is 18.7. The van der Waals surface area contributed by atoms with Crippen LogP contribution in [0.4, 0.5) is 0 Å². The van der Waals surface area contributed by atoms with E-state index in [2.05, 4.69) is 16.0 Å². The van der Waals surface area contributed by atoms with Crippen LogP contribution in [0, 0.1) is 18.3 Å². The molecule has 26 heavy (non-hydrogen) atoms. The highest BCUT2D eigenvalue weighted by Crippen LogP contribution is 2.31. The lowest BCUT2D eigenvalue weighted by molar-refractivity contribution is 0.934. The molecular formula is C19H13Cl2N3OS. The second kappa shape index (κ2) is 7.96. The van der Waals surface area contributed by atoms with E-state index in [4.69, 9.17) is 23.2 Å². The Labute approximate surface area is 164 Å². The van der Waals surface area contributed by atoms with E-state index < -0.39 is 5.56 Å². The molecule has 7 heteroatoms. The smallest absolute Gasteiger partial charge is 0.270 e. The Balaban J connectivity index is 1.99. The van der Waals surface area contributed by atoms with Gasteiger partial charge in [-0.1, -0.05) is 64.8 Å². The van der Waals surface area contributed by atoms with Crippen LogP contribution < -0.4 is 5.56 Å². The molecule has 0 fully saturated rings. The number of benzene rings is 2. The van der Waals surface area contributed by atoms with Crippen molar-refractivity contribution in [2.45, 2.75) is 17.8 Å². The van der Waals surface area contributed by atoms with E-state index >= 15 is 0 Å². The van der Waals surface area contributed by atoms with E-state index in [9.17, 15) is 10.1 Å². The number of aromatic amines is 1. The summed E-state index contributed by atoms with van der Waals surface area (Å²) in [6, 6.07) is 14.9. The van der Waals surface area contributed by atoms with Gasteiger partial charge in [0.2, 0.25) is 0 Å². The topological polar surface area (TPSA) is 69.5 Å². The van der Waals surface area contributed by atoms with Crippen molar-refractivity contribution in [3.05, 3.63) is 79.6 Å². The molecule has 2 aromatic carbocycles. The van der Waals surface area contributed by atoms with Gasteiger partial charge >= 0.3 is 0 Å². The first-order valence-electron chi connectivity index (χ1n) is 7.66. The zero-order valence-corrected chi connectivity index (χ0v) is 16.0. The summed E-state index contributed by atoms with van der Waals surface area (Å²) in [5.41, 5.74) is 2.47. The fourth-order valence-electron chi connectivity index (χ4n) is 2.45. The Hall–Kier alpha value is -2.26. The molecule has 0 aliphatic rings. The standard InChI is InChI=1S/C19H13Cl2N3OS/c1-11-3-2-4-12(7-11)10-26-19-23-17(15(9-22)18(25)24-19)14-6-5-13(20)8-16(14)21/h2-8H,10H2,1H3,(H,23,24,25). The van der Waals surface area contributed by atoms with Crippen molar-refractivity contribution in [1.82, 2.24) is 9.97 Å². The fourth-order valence-corrected chi connectivity index (χ4v) is 3.76. The van der Waals surface area contributed by atoms with E-state index in [0.29, 0.717) is 26.5 Å². The maximum atomic E-state index is 12.3. The molecule has 0 aliphatic heterocycles. The number of nitriles is 1. The molecule has 3 aromatic rings. The zero-order valence-electron chi connectivity index (χ0n) is 13.7. The van der Waals surface area contributed by atoms with Crippen LogP contribution in [0.3, 0.4) is 0 Å². The number of aryl methyl sites for hydroxylation is 1. The molecule has 1 N–H and O–H groups in total. The Bertz CT molecular complexity index is 1070. The summed E-state index contributed by atoms with van der Waals surface area (Å²) in [6.45, 7) is 2.02. The van der Waals surface area contributed by atoms with Crippen molar-refractivity contribution in [3.8, 4) is 17.3 Å². The number of hydrogen-bond acceptors (Lipinski definition) is 4. The second-order valence-electron chi connectivity index (χ2n) is 5.61. The van der Waals surface area contributed by atoms with Gasteiger partial charge in [0.25, 0.3) is 5.56 Å². The summed E-state index contributed by atoms with van der Waals surface area (Å²) >= 11 is 13.6. The Morgan fingerprint density at radius 3 is 2.73 bits per heavy atom. The number of nitrogens with zero attached hydrogens (tertiary/aromatic N) is 2. The van der Waals surface area contributed by atoms with Crippen molar-refractivity contribution >= 4 is 35.0 Å². The van der Waals surface area contributed by atoms with Gasteiger partial charge in [0, 0.05) is 16.3 Å². The maximum Gasteiger partial charge on any atom is 0.270 e. The van der Waals surface area contributed by atoms with Crippen LogP contribution in [-0.4, -0.2) is 9.97 Å². The molecule has 4 nitrogen and oxygen atoms in total. The minimum atomic E-state index is -0.491. The molecule has 0 amide bonds. The quantitative estimate of drug-likeness (QED) is 0.480. The first-order chi connectivity index (χ1) is 12.5. The summed E-state index contributed by atoms with van der Waals surface area (Å²) in [4.78, 5) is 19.4. The highest BCUT2D eigenvalue weighted by molar-refractivity contribution is 7.98. The van der Waals surface area contributed by atoms with E-state index in [1.807, 2.05) is 31.2 Å². The maximum absolute atomic E-state index is 12.3. The van der Waals surface area contributed by atoms with Gasteiger partial charge in [0.05, 0.1) is 10.7 Å². The first-order valence-corrected chi connectivity index (χ1v) is 9.40. The normalized spacial score (nSPS) is 10.5. The number of halogens is 2. The highest BCUT2D eigenvalue weighted by atomic mass is 35.5. The van der Waals surface area contributed by atoms with Gasteiger partial charge in [-0.2, -0.15) is 5.26 Å². The molecule has 0 saturated heterocycles. The van der Waals surface area contributed by atoms with Gasteiger partial charge in [-0.05, 0) is 30.7 Å². The molecule has 1 aromatic heterocycles. The summed E-state index contributed by atoms with van der Waals surface area (Å²) < 4.78 is 0. The van der Waals surface area contributed by atoms with Gasteiger partial charge in [0.1, 0.15) is 11.6 Å². The molecule has 0 atom stereocenters. The molecule has 0 spiro atoms. The van der Waals surface area contributed by atoms with Crippen LogP contribution in [0.1, 0.15) is 16.7 Å². The lowest BCUT2D eigenvalue weighted by Gasteiger charge is -2.08. The van der Waals surface area contributed by atoms with Crippen molar-refractivity contribution in [2.75, 3.05) is 0 Å². The van der Waals surface area contributed by atoms with Crippen LogP contribution in [0.5, 0.6) is 0 Å². The lowest BCUT2D eigenvalue weighted by atomic mass is 10.1. The highest BCUT2D eigenvalue weighted by Gasteiger charge is 2.16. The lowest BCUT2D eigenvalue weighted by Crippen LogP contribution is -2.15. The second-order valence-corrected chi connectivity index (χ2v) is 7.42. The molecule has 0 bridgehead atoms. The van der Waals surface area contributed by atoms with Gasteiger partial charge in [-0.25, -0.2) is 4.98 Å². The monoisotopic (exact) mass is 401 g/mol. The van der Waals surface area contributed by atoms with Gasteiger partial charge in [-0.15, -0.1) is 0 Å². The van der Waals surface area contributed by atoms with E-state index in [-0.39, 0.29) is 11.3 Å². The SMILES string of the molecule is Cc1cccc(CSc2nc(-c3ccc(Cl)cc3Cl)c(C#N)c(=O)[nH]2)c1. The number of nitrogens with one attached hydrogen (secondary N) is 1. The Morgan fingerprint density at radius 1 is 1.23 bits per heavy atom. The van der Waals surface area contributed by atoms with Gasteiger partial charge < -0.3 is 4.98 Å². The van der Waals surface area contributed by atoms with Gasteiger partial charge in [-0.3, -0.25) is 4.79 Å². The third-order valence-electron chi connectivity index (χ3n) is 3.65. The third kappa shape index (κ3) is 4.10. The Morgan fingerprint density at radius 2 is 2.04 bits per heavy atom. The number of thioether (sulfide) groups is 1. The predicted molar refractivity (Wildman–Crippen MR) is 106 cm³/mol. The summed E-state index contributed by atoms with van der Waals surface area (Å²) in [5.74, 6) is 0.643. The third-order valence-corrected chi connectivity index (χ3v) is 5.15. The van der Waals surface area contributed by atoms with Crippen LogP contribution in [0.25, 0.3) is 11.3 Å². The fraction of sp³-hybridized carbons (Fsp3) is 0.105. The minimum absolute atomic E-state index is 0.0749. The minimum Gasteiger partial charge on any atom is -0.300 e.